The van der Waals surface area contributed by atoms with Crippen LogP contribution in [0.4, 0.5) is 17.1 Å². The molecule has 3 heterocycles. The third-order valence-electron chi connectivity index (χ3n) is 9.10. The summed E-state index contributed by atoms with van der Waals surface area (Å²) in [5.74, 6) is 0.546. The van der Waals surface area contributed by atoms with Crippen LogP contribution in [0.3, 0.4) is 0 Å². The van der Waals surface area contributed by atoms with E-state index in [4.69, 9.17) is 18.2 Å². The monoisotopic (exact) mass is 618 g/mol. The van der Waals surface area contributed by atoms with Gasteiger partial charge in [0.25, 0.3) is 0 Å². The Morgan fingerprint density at radius 2 is 1.06 bits per heavy atom. The second-order valence-electron chi connectivity index (χ2n) is 11.9. The highest BCUT2D eigenvalue weighted by atomic mass is 16.4. The molecule has 10 aromatic rings. The van der Waals surface area contributed by atoms with Crippen LogP contribution in [0.5, 0.6) is 0 Å². The van der Waals surface area contributed by atoms with E-state index in [-0.39, 0.29) is 0 Å². The maximum Gasteiger partial charge on any atom is 0.227 e. The Morgan fingerprint density at radius 1 is 0.438 bits per heavy atom. The van der Waals surface area contributed by atoms with E-state index in [1.165, 1.54) is 0 Å². The van der Waals surface area contributed by atoms with Crippen LogP contribution in [0.1, 0.15) is 0 Å². The Labute approximate surface area is 274 Å². The molecule has 0 unspecified atom stereocenters. The molecule has 226 valence electrons. The molecule has 0 bridgehead atoms. The van der Waals surface area contributed by atoms with E-state index in [0.29, 0.717) is 17.0 Å². The van der Waals surface area contributed by atoms with Crippen molar-refractivity contribution < 1.29 is 13.3 Å². The van der Waals surface area contributed by atoms with Crippen molar-refractivity contribution in [2.24, 2.45) is 0 Å². The number of hydrogen-bond donors (Lipinski definition) is 0. The fourth-order valence-electron chi connectivity index (χ4n) is 6.90. The van der Waals surface area contributed by atoms with Gasteiger partial charge in [0.15, 0.2) is 11.2 Å². The molecule has 48 heavy (non-hydrogen) atoms. The lowest BCUT2D eigenvalue weighted by molar-refractivity contribution is 0.620. The Bertz CT molecular complexity index is 2770. The number of oxazole rings is 1. The highest BCUT2D eigenvalue weighted by Crippen LogP contribution is 2.50. The highest BCUT2D eigenvalue weighted by Gasteiger charge is 2.28. The molecular formula is C43H26N2O3. The summed E-state index contributed by atoms with van der Waals surface area (Å²) in [4.78, 5) is 7.25. The van der Waals surface area contributed by atoms with Gasteiger partial charge in [0, 0.05) is 33.5 Å². The minimum atomic E-state index is 0.546. The lowest BCUT2D eigenvalue weighted by Crippen LogP contribution is -2.11. The van der Waals surface area contributed by atoms with Crippen LogP contribution in [-0.4, -0.2) is 4.98 Å². The summed E-state index contributed by atoms with van der Waals surface area (Å²) in [6, 6.07) is 53.7. The average Bonchev–Trinajstić information content (AvgIpc) is 3.86. The van der Waals surface area contributed by atoms with Gasteiger partial charge in [-0.15, -0.1) is 0 Å². The van der Waals surface area contributed by atoms with Crippen LogP contribution in [0.2, 0.25) is 0 Å². The van der Waals surface area contributed by atoms with Crippen molar-refractivity contribution in [2.45, 2.75) is 0 Å². The van der Waals surface area contributed by atoms with E-state index < -0.39 is 0 Å². The first-order chi connectivity index (χ1) is 23.8. The van der Waals surface area contributed by atoms with Crippen molar-refractivity contribution >= 4 is 72.0 Å². The van der Waals surface area contributed by atoms with Gasteiger partial charge >= 0.3 is 0 Å². The Balaban J connectivity index is 1.33. The number of anilines is 3. The number of nitrogens with zero attached hydrogens (tertiary/aromatic N) is 2. The van der Waals surface area contributed by atoms with Crippen molar-refractivity contribution in [3.63, 3.8) is 0 Å². The Hall–Kier alpha value is -6.59. The van der Waals surface area contributed by atoms with E-state index in [9.17, 15) is 0 Å². The summed E-state index contributed by atoms with van der Waals surface area (Å²) in [7, 11) is 0. The molecule has 0 radical (unpaired) electrons. The third kappa shape index (κ3) is 4.08. The van der Waals surface area contributed by atoms with Crippen LogP contribution >= 0.6 is 0 Å². The summed E-state index contributed by atoms with van der Waals surface area (Å²) < 4.78 is 20.0. The van der Waals surface area contributed by atoms with E-state index in [1.807, 2.05) is 78.9 Å². The number of rotatable bonds is 5. The summed E-state index contributed by atoms with van der Waals surface area (Å²) in [5.41, 5.74) is 10.4. The van der Waals surface area contributed by atoms with E-state index in [1.54, 1.807) is 0 Å². The molecule has 3 aromatic heterocycles. The van der Waals surface area contributed by atoms with Crippen molar-refractivity contribution in [2.75, 3.05) is 4.90 Å². The zero-order valence-electron chi connectivity index (χ0n) is 25.6. The molecule has 0 spiro atoms. The largest absolute Gasteiger partial charge is 0.456 e. The molecule has 0 fully saturated rings. The van der Waals surface area contributed by atoms with E-state index in [2.05, 4.69) is 83.8 Å². The molecule has 0 atom stereocenters. The van der Waals surface area contributed by atoms with Crippen molar-refractivity contribution in [3.05, 3.63) is 158 Å². The quantitative estimate of drug-likeness (QED) is 0.192. The number of fused-ring (bicyclic) bond motifs is 7. The van der Waals surface area contributed by atoms with E-state index in [0.717, 1.165) is 77.6 Å². The summed E-state index contributed by atoms with van der Waals surface area (Å²) in [6.07, 6.45) is 0. The maximum absolute atomic E-state index is 6.77. The van der Waals surface area contributed by atoms with Crippen LogP contribution in [-0.2, 0) is 0 Å². The van der Waals surface area contributed by atoms with Crippen LogP contribution in [0.25, 0.3) is 77.6 Å². The van der Waals surface area contributed by atoms with Gasteiger partial charge in [-0.3, -0.25) is 0 Å². The van der Waals surface area contributed by atoms with Gasteiger partial charge in [-0.2, -0.15) is 0 Å². The van der Waals surface area contributed by atoms with Gasteiger partial charge in [0.1, 0.15) is 28.0 Å². The molecule has 7 aromatic carbocycles. The molecule has 0 aliphatic rings. The number of aromatic nitrogens is 1. The van der Waals surface area contributed by atoms with Crippen molar-refractivity contribution in [1.82, 2.24) is 4.98 Å². The SMILES string of the molecule is c1ccc(-c2ccc(N(c3cccc4c3oc3ccccc34)c3c4oc(-c5ccccc5)nc4cc4oc5ccccc5c34)cc2)cc1. The molecule has 5 nitrogen and oxygen atoms in total. The first-order valence-corrected chi connectivity index (χ1v) is 16.0. The van der Waals surface area contributed by atoms with Gasteiger partial charge in [0.2, 0.25) is 5.89 Å². The lowest BCUT2D eigenvalue weighted by atomic mass is 10.0. The zero-order valence-corrected chi connectivity index (χ0v) is 25.6. The molecule has 5 heteroatoms. The fourth-order valence-corrected chi connectivity index (χ4v) is 6.90. The maximum atomic E-state index is 6.77. The summed E-state index contributed by atoms with van der Waals surface area (Å²) in [6.45, 7) is 0. The Morgan fingerprint density at radius 3 is 1.83 bits per heavy atom. The molecule has 0 saturated heterocycles. The second-order valence-corrected chi connectivity index (χ2v) is 11.9. The van der Waals surface area contributed by atoms with Crippen molar-refractivity contribution in [1.29, 1.82) is 0 Å². The van der Waals surface area contributed by atoms with Gasteiger partial charge in [0.05, 0.1) is 11.1 Å². The summed E-state index contributed by atoms with van der Waals surface area (Å²) >= 11 is 0. The molecule has 0 aliphatic heterocycles. The molecular weight excluding hydrogens is 592 g/mol. The van der Waals surface area contributed by atoms with Gasteiger partial charge < -0.3 is 18.2 Å². The summed E-state index contributed by atoms with van der Waals surface area (Å²) in [5, 5.41) is 4.03. The van der Waals surface area contributed by atoms with Gasteiger partial charge in [-0.1, -0.05) is 109 Å². The average molecular weight is 619 g/mol. The number of para-hydroxylation sites is 3. The third-order valence-corrected chi connectivity index (χ3v) is 9.10. The number of benzene rings is 7. The molecule has 0 amide bonds. The smallest absolute Gasteiger partial charge is 0.227 e. The molecule has 0 saturated carbocycles. The first-order valence-electron chi connectivity index (χ1n) is 16.0. The standard InChI is InChI=1S/C43H26N2O3/c1-3-12-27(13-4-1)28-22-24-30(25-23-28)45(35-19-11-18-32-31-16-7-9-20-36(31)47-41(32)35)40-39-33-17-8-10-21-37(33)46-38(39)26-34-42(40)48-43(44-34)29-14-5-2-6-15-29/h1-26H. The van der Waals surface area contributed by atoms with Crippen LogP contribution in [0.15, 0.2) is 171 Å². The predicted molar refractivity (Wildman–Crippen MR) is 194 cm³/mol. The van der Waals surface area contributed by atoms with Gasteiger partial charge in [-0.25, -0.2) is 4.98 Å². The number of hydrogen-bond acceptors (Lipinski definition) is 5. The first kappa shape index (κ1) is 26.6. The number of furan rings is 2. The zero-order chi connectivity index (χ0) is 31.6. The van der Waals surface area contributed by atoms with E-state index >= 15 is 0 Å². The minimum absolute atomic E-state index is 0.546. The van der Waals surface area contributed by atoms with Gasteiger partial charge in [-0.05, 0) is 53.6 Å². The van der Waals surface area contributed by atoms with Crippen molar-refractivity contribution in [3.8, 4) is 22.6 Å². The minimum Gasteiger partial charge on any atom is -0.456 e. The lowest BCUT2D eigenvalue weighted by Gasteiger charge is -2.26. The topological polar surface area (TPSA) is 55.6 Å². The predicted octanol–water partition coefficient (Wildman–Crippen LogP) is 12.4. The fraction of sp³-hybridized carbons (Fsp3) is 0. The Kier molecular flexibility index (Phi) is 5.81. The highest BCUT2D eigenvalue weighted by molar-refractivity contribution is 6.21. The molecule has 10 rings (SSSR count). The molecule has 0 aliphatic carbocycles. The molecule has 0 N–H and O–H groups in total. The van der Waals surface area contributed by atoms with Crippen LogP contribution in [0, 0.1) is 0 Å². The normalized spacial score (nSPS) is 11.8. The van der Waals surface area contributed by atoms with Crippen LogP contribution < -0.4 is 4.90 Å². The second kappa shape index (κ2) is 10.5.